The van der Waals surface area contributed by atoms with Gasteiger partial charge in [0.15, 0.2) is 5.75 Å². The Bertz CT molecular complexity index is 860. The smallest absolute Gasteiger partial charge is 0.403 e. The number of nitrogens with zero attached hydrogens (tertiary/aromatic N) is 2. The molecule has 15 heteroatoms. The molecule has 0 aliphatic heterocycles. The van der Waals surface area contributed by atoms with Crippen LogP contribution in [0.15, 0.2) is 29.0 Å². The van der Waals surface area contributed by atoms with Gasteiger partial charge in [-0.1, -0.05) is 11.6 Å². The number of hydrogen-bond acceptors (Lipinski definition) is 2. The molecule has 0 aliphatic carbocycles. The van der Waals surface area contributed by atoms with Gasteiger partial charge in [-0.05, 0) is 28.1 Å². The van der Waals surface area contributed by atoms with Crippen LogP contribution in [0.3, 0.4) is 0 Å². The van der Waals surface area contributed by atoms with Gasteiger partial charge in [0, 0.05) is 11.8 Å². The van der Waals surface area contributed by atoms with Gasteiger partial charge in [-0.2, -0.15) is 31.4 Å². The summed E-state index contributed by atoms with van der Waals surface area (Å²) < 4.78 is 134. The molecule has 0 saturated carbocycles. The number of alkyl halides is 10. The Hall–Kier alpha value is -1.70. The van der Waals surface area contributed by atoms with E-state index in [4.69, 9.17) is 11.6 Å². The minimum atomic E-state index is -6.56. The first kappa shape index (κ1) is 22.6. The summed E-state index contributed by atoms with van der Waals surface area (Å²) in [5.74, 6) is -1.62. The molecule has 0 saturated heterocycles. The van der Waals surface area contributed by atoms with Crippen molar-refractivity contribution in [3.05, 3.63) is 39.6 Å². The van der Waals surface area contributed by atoms with Crippen LogP contribution in [0, 0.1) is 0 Å². The van der Waals surface area contributed by atoms with E-state index < -0.39 is 46.4 Å². The summed E-state index contributed by atoms with van der Waals surface area (Å²) in [6.45, 7) is 0. The lowest BCUT2D eigenvalue weighted by molar-refractivity contribution is -0.348. The number of aromatic nitrogens is 2. The van der Waals surface area contributed by atoms with Gasteiger partial charge < -0.3 is 4.74 Å². The Morgan fingerprint density at radius 3 is 1.86 bits per heavy atom. The molecule has 0 spiro atoms. The van der Waals surface area contributed by atoms with E-state index in [0.717, 1.165) is 12.4 Å². The number of benzene rings is 1. The van der Waals surface area contributed by atoms with Crippen LogP contribution in [-0.4, -0.2) is 28.5 Å². The van der Waals surface area contributed by atoms with E-state index in [0.29, 0.717) is 4.68 Å². The van der Waals surface area contributed by atoms with Crippen molar-refractivity contribution in [1.29, 1.82) is 0 Å². The second kappa shape index (κ2) is 6.97. The van der Waals surface area contributed by atoms with Crippen LogP contribution in [0.5, 0.6) is 5.75 Å². The third kappa shape index (κ3) is 4.16. The van der Waals surface area contributed by atoms with Crippen molar-refractivity contribution >= 4 is 27.5 Å². The molecular weight excluding hydrogens is 505 g/mol. The highest BCUT2D eigenvalue weighted by Crippen LogP contribution is 2.54. The molecule has 0 aliphatic rings. The van der Waals surface area contributed by atoms with Gasteiger partial charge in [0.1, 0.15) is 5.69 Å². The van der Waals surface area contributed by atoms with E-state index in [-0.39, 0.29) is 16.6 Å². The van der Waals surface area contributed by atoms with E-state index in [2.05, 4.69) is 25.8 Å². The van der Waals surface area contributed by atoms with Crippen LogP contribution in [0.1, 0.15) is 5.56 Å². The Balaban J connectivity index is 2.82. The van der Waals surface area contributed by atoms with Crippen molar-refractivity contribution in [3.63, 3.8) is 0 Å². The first-order valence-electron chi connectivity index (χ1n) is 6.60. The van der Waals surface area contributed by atoms with Crippen LogP contribution in [0.2, 0.25) is 5.02 Å². The summed E-state index contributed by atoms with van der Waals surface area (Å²) in [7, 11) is 0. The highest BCUT2D eigenvalue weighted by Gasteiger charge is 2.73. The summed E-state index contributed by atoms with van der Waals surface area (Å²) in [6, 6.07) is -0.484. The molecule has 3 nitrogen and oxygen atoms in total. The molecular formula is C13H4BrClF10N2O. The van der Waals surface area contributed by atoms with Gasteiger partial charge in [-0.3, -0.25) is 0 Å². The highest BCUT2D eigenvalue weighted by molar-refractivity contribution is 9.10. The molecule has 0 amide bonds. The van der Waals surface area contributed by atoms with Crippen molar-refractivity contribution in [1.82, 2.24) is 9.78 Å². The van der Waals surface area contributed by atoms with Crippen LogP contribution in [0.4, 0.5) is 43.9 Å². The summed E-state index contributed by atoms with van der Waals surface area (Å²) in [4.78, 5) is 0. The topological polar surface area (TPSA) is 27.1 Å². The second-order valence-corrected chi connectivity index (χ2v) is 6.43. The fraction of sp³-hybridized carbons (Fsp3) is 0.308. The lowest BCUT2D eigenvalue weighted by Crippen LogP contribution is -2.50. The first-order valence-corrected chi connectivity index (χ1v) is 7.77. The zero-order chi connectivity index (χ0) is 21.7. The van der Waals surface area contributed by atoms with Gasteiger partial charge in [0.25, 0.3) is 0 Å². The zero-order valence-corrected chi connectivity index (χ0v) is 15.0. The van der Waals surface area contributed by atoms with Crippen molar-refractivity contribution in [2.24, 2.45) is 0 Å². The quantitative estimate of drug-likeness (QED) is 0.443. The minimum Gasteiger partial charge on any atom is -0.403 e. The highest BCUT2D eigenvalue weighted by atomic mass is 79.9. The zero-order valence-electron chi connectivity index (χ0n) is 12.6. The van der Waals surface area contributed by atoms with E-state index in [1.54, 1.807) is 0 Å². The van der Waals surface area contributed by atoms with Crippen molar-refractivity contribution in [2.45, 2.75) is 24.4 Å². The molecule has 0 N–H and O–H groups in total. The molecule has 2 rings (SSSR count). The van der Waals surface area contributed by atoms with Crippen LogP contribution < -0.4 is 4.74 Å². The number of hydrogen-bond donors (Lipinski definition) is 0. The fourth-order valence-corrected chi connectivity index (χ4v) is 2.69. The Morgan fingerprint density at radius 1 is 0.929 bits per heavy atom. The molecule has 0 atom stereocenters. The van der Waals surface area contributed by atoms with Gasteiger partial charge in [0.05, 0.1) is 15.7 Å². The van der Waals surface area contributed by atoms with Crippen molar-refractivity contribution in [3.8, 4) is 11.4 Å². The summed E-state index contributed by atoms with van der Waals surface area (Å²) in [5.41, 5.74) is -9.11. The van der Waals surface area contributed by atoms with Gasteiger partial charge >= 0.3 is 24.4 Å². The monoisotopic (exact) mass is 508 g/mol. The number of ether oxygens (including phenoxy) is 1. The molecule has 0 radical (unpaired) electrons. The molecule has 1 aromatic heterocycles. The lowest BCUT2D eigenvalue weighted by atomic mass is 9.93. The Morgan fingerprint density at radius 2 is 1.46 bits per heavy atom. The molecule has 2 aromatic rings. The summed E-state index contributed by atoms with van der Waals surface area (Å²) in [5, 5.41) is 2.42. The number of rotatable bonds is 3. The largest absolute Gasteiger partial charge is 0.573 e. The normalized spacial score (nSPS) is 13.7. The molecule has 1 aromatic carbocycles. The van der Waals surface area contributed by atoms with E-state index in [9.17, 15) is 43.9 Å². The summed E-state index contributed by atoms with van der Waals surface area (Å²) >= 11 is 8.48. The molecule has 28 heavy (non-hydrogen) atoms. The minimum absolute atomic E-state index is 0.101. The standard InChI is InChI=1S/C13H4BrClF10N2O/c14-6-3-26-27(4-6)9-7(15)1-5(2-8(9)28-13(23,24)25)10(16,11(17,18)19)12(20,21)22/h1-4H. The number of halogens is 12. The molecule has 0 unspecified atom stereocenters. The van der Waals surface area contributed by atoms with Crippen LogP contribution >= 0.6 is 27.5 Å². The van der Waals surface area contributed by atoms with Crippen LogP contribution in [-0.2, 0) is 5.67 Å². The van der Waals surface area contributed by atoms with Crippen molar-refractivity contribution < 1.29 is 48.6 Å². The lowest BCUT2D eigenvalue weighted by Gasteiger charge is -2.31. The maximum absolute atomic E-state index is 14.2. The van der Waals surface area contributed by atoms with Crippen molar-refractivity contribution in [2.75, 3.05) is 0 Å². The van der Waals surface area contributed by atoms with Gasteiger partial charge in [-0.15, -0.1) is 13.2 Å². The van der Waals surface area contributed by atoms with Gasteiger partial charge in [-0.25, -0.2) is 9.07 Å². The maximum Gasteiger partial charge on any atom is 0.573 e. The third-order valence-corrected chi connectivity index (χ3v) is 3.91. The second-order valence-electron chi connectivity index (χ2n) is 5.11. The summed E-state index contributed by atoms with van der Waals surface area (Å²) in [6.07, 6.45) is -16.6. The third-order valence-electron chi connectivity index (χ3n) is 3.21. The first-order chi connectivity index (χ1) is 12.5. The van der Waals surface area contributed by atoms with Gasteiger partial charge in [0.2, 0.25) is 0 Å². The molecule has 0 fully saturated rings. The SMILES string of the molecule is FC(F)(F)Oc1cc(C(F)(C(F)(F)F)C(F)(F)F)cc(Cl)c1-n1cc(Br)cn1. The average molecular weight is 510 g/mol. The fourth-order valence-electron chi connectivity index (χ4n) is 2.11. The van der Waals surface area contributed by atoms with E-state index in [1.165, 1.54) is 0 Å². The maximum atomic E-state index is 14.2. The predicted octanol–water partition coefficient (Wildman–Crippen LogP) is 6.48. The molecule has 0 bridgehead atoms. The van der Waals surface area contributed by atoms with E-state index >= 15 is 0 Å². The van der Waals surface area contributed by atoms with Crippen LogP contribution in [0.25, 0.3) is 5.69 Å². The Kier molecular flexibility index (Phi) is 5.62. The average Bonchev–Trinajstić information content (AvgIpc) is 2.87. The predicted molar refractivity (Wildman–Crippen MR) is 77.9 cm³/mol. The molecule has 156 valence electrons. The molecule has 1 heterocycles. The Labute approximate surface area is 161 Å². The van der Waals surface area contributed by atoms with E-state index in [1.807, 2.05) is 0 Å².